The van der Waals surface area contributed by atoms with Crippen molar-refractivity contribution in [3.05, 3.63) is 124 Å². The van der Waals surface area contributed by atoms with Crippen molar-refractivity contribution in [3.8, 4) is 11.1 Å². The van der Waals surface area contributed by atoms with Gasteiger partial charge in [0, 0.05) is 37.5 Å². The molecule has 0 saturated heterocycles. The van der Waals surface area contributed by atoms with Crippen molar-refractivity contribution in [2.75, 3.05) is 10.6 Å². The van der Waals surface area contributed by atoms with Gasteiger partial charge in [-0.25, -0.2) is 4.79 Å². The van der Waals surface area contributed by atoms with Crippen molar-refractivity contribution in [3.63, 3.8) is 0 Å². The molecule has 0 aliphatic carbocycles. The van der Waals surface area contributed by atoms with E-state index >= 15 is 0 Å². The molecule has 0 saturated carbocycles. The summed E-state index contributed by atoms with van der Waals surface area (Å²) in [6.45, 7) is 0. The number of fused-ring (bicyclic) bond motifs is 1. The molecule has 0 spiro atoms. The lowest BCUT2D eigenvalue weighted by Crippen LogP contribution is -2.20. The third kappa shape index (κ3) is 5.63. The fraction of sp³-hybridized carbons (Fsp3) is 0.0333. The fourth-order valence-electron chi connectivity index (χ4n) is 4.28. The molecule has 5 rings (SSSR count). The second-order valence-corrected chi connectivity index (χ2v) is 9.74. The van der Waals surface area contributed by atoms with Crippen molar-refractivity contribution >= 4 is 56.7 Å². The Bertz CT molecular complexity index is 1710. The minimum Gasteiger partial charge on any atom is -0.308 e. The molecule has 0 aliphatic heterocycles. The lowest BCUT2D eigenvalue weighted by Gasteiger charge is -2.16. The number of para-hydroxylation sites is 2. The molecule has 0 fully saturated rings. The van der Waals surface area contributed by atoms with Crippen LogP contribution in [0.1, 0.15) is 21.5 Å². The first-order valence-corrected chi connectivity index (χ1v) is 12.8. The first-order chi connectivity index (χ1) is 18.7. The number of carbonyl (C=O) groups excluding carboxylic acids is 2. The van der Waals surface area contributed by atoms with E-state index in [0.717, 1.165) is 9.64 Å². The third-order valence-electron chi connectivity index (χ3n) is 6.01. The normalized spacial score (nSPS) is 11.3. The molecule has 0 radical (unpaired) electrons. The largest absolute Gasteiger partial charge is 0.418 e. The molecule has 9 heteroatoms. The Labute approximate surface area is 235 Å². The van der Waals surface area contributed by atoms with Gasteiger partial charge in [-0.2, -0.15) is 13.2 Å². The number of carbonyl (C=O) groups is 2. The average molecular weight is 637 g/mol. The van der Waals surface area contributed by atoms with Crippen LogP contribution >= 0.6 is 22.6 Å². The summed E-state index contributed by atoms with van der Waals surface area (Å²) in [5.41, 5.74) is 1.12. The Balaban J connectivity index is 1.62. The number of nitrogens with one attached hydrogen (secondary N) is 2. The molecule has 0 bridgehead atoms. The first-order valence-electron chi connectivity index (χ1n) is 11.7. The predicted octanol–water partition coefficient (Wildman–Crippen LogP) is 8.40. The van der Waals surface area contributed by atoms with Crippen LogP contribution in [0, 0.1) is 3.57 Å². The zero-order valence-electron chi connectivity index (χ0n) is 20.1. The maximum atomic E-state index is 13.8. The quantitative estimate of drug-likeness (QED) is 0.150. The maximum Gasteiger partial charge on any atom is 0.418 e. The number of nitrogens with zero attached hydrogens (tertiary/aromatic N) is 1. The summed E-state index contributed by atoms with van der Waals surface area (Å²) < 4.78 is 42.3. The molecule has 2 amide bonds. The van der Waals surface area contributed by atoms with E-state index in [9.17, 15) is 22.8 Å². The van der Waals surface area contributed by atoms with Crippen LogP contribution < -0.4 is 10.6 Å². The zero-order chi connectivity index (χ0) is 27.6. The number of amides is 2. The smallest absolute Gasteiger partial charge is 0.308 e. The van der Waals surface area contributed by atoms with Crippen LogP contribution in [0.25, 0.3) is 22.0 Å². The van der Waals surface area contributed by atoms with Gasteiger partial charge in [-0.1, -0.05) is 66.7 Å². The van der Waals surface area contributed by atoms with Crippen LogP contribution in [0.3, 0.4) is 0 Å². The predicted molar refractivity (Wildman–Crippen MR) is 154 cm³/mol. The molecular formula is C30H19F3IN3O2. The van der Waals surface area contributed by atoms with Gasteiger partial charge in [0.1, 0.15) is 0 Å². The van der Waals surface area contributed by atoms with Crippen molar-refractivity contribution in [2.24, 2.45) is 0 Å². The second kappa shape index (κ2) is 10.9. The van der Waals surface area contributed by atoms with E-state index in [1.807, 2.05) is 12.1 Å². The average Bonchev–Trinajstić information content (AvgIpc) is 2.93. The van der Waals surface area contributed by atoms with Crippen molar-refractivity contribution in [2.45, 2.75) is 6.18 Å². The van der Waals surface area contributed by atoms with Crippen LogP contribution in [0.4, 0.5) is 29.3 Å². The van der Waals surface area contributed by atoms with E-state index in [-0.39, 0.29) is 22.2 Å². The van der Waals surface area contributed by atoms with Crippen LogP contribution in [0.5, 0.6) is 0 Å². The maximum absolute atomic E-state index is 13.8. The molecule has 1 aromatic heterocycles. The zero-order valence-corrected chi connectivity index (χ0v) is 22.2. The molecule has 5 nitrogen and oxygen atoms in total. The summed E-state index contributed by atoms with van der Waals surface area (Å²) >= 11 is 2.11. The molecule has 2 N–H and O–H groups in total. The van der Waals surface area contributed by atoms with Gasteiger partial charge in [0.25, 0.3) is 0 Å². The number of aromatic nitrogens is 1. The van der Waals surface area contributed by atoms with Crippen LogP contribution in [-0.4, -0.2) is 16.8 Å². The van der Waals surface area contributed by atoms with E-state index in [0.29, 0.717) is 28.1 Å². The van der Waals surface area contributed by atoms with E-state index in [2.05, 4.69) is 38.2 Å². The number of rotatable bonds is 5. The number of anilines is 2. The highest BCUT2D eigenvalue weighted by Gasteiger charge is 2.34. The highest BCUT2D eigenvalue weighted by Crippen LogP contribution is 2.39. The van der Waals surface area contributed by atoms with Gasteiger partial charge in [-0.05, 0) is 58.5 Å². The van der Waals surface area contributed by atoms with E-state index in [4.69, 9.17) is 0 Å². The SMILES string of the molecule is O=C(Nc1cccc(-c2c(C(=O)c3ccccc3)cnc3c(C(F)(F)F)cccc23)c1)Nc1ccccc1I. The van der Waals surface area contributed by atoms with Crippen LogP contribution in [-0.2, 0) is 6.18 Å². The number of hydrogen-bond acceptors (Lipinski definition) is 3. The number of halogens is 4. The highest BCUT2D eigenvalue weighted by atomic mass is 127. The van der Waals surface area contributed by atoms with E-state index in [1.54, 1.807) is 66.7 Å². The highest BCUT2D eigenvalue weighted by molar-refractivity contribution is 14.1. The van der Waals surface area contributed by atoms with Crippen molar-refractivity contribution < 1.29 is 22.8 Å². The van der Waals surface area contributed by atoms with Gasteiger partial charge >= 0.3 is 12.2 Å². The standard InChI is InChI=1S/C30H19F3IN3O2/c31-30(32,33)23-13-7-12-21-26(22(17-35-27(21)23)28(38)18-8-2-1-3-9-18)19-10-6-11-20(16-19)36-29(39)37-25-15-5-4-14-24(25)34/h1-17H,(H2,36,37,39). The molecule has 4 aromatic carbocycles. The number of urea groups is 1. The molecule has 0 atom stereocenters. The summed E-state index contributed by atoms with van der Waals surface area (Å²) in [5, 5.41) is 5.71. The van der Waals surface area contributed by atoms with Gasteiger partial charge in [0.15, 0.2) is 5.78 Å². The number of alkyl halides is 3. The summed E-state index contributed by atoms with van der Waals surface area (Å²) in [5.74, 6) is -0.382. The lowest BCUT2D eigenvalue weighted by molar-refractivity contribution is -0.136. The summed E-state index contributed by atoms with van der Waals surface area (Å²) in [7, 11) is 0. The Morgan fingerprint density at radius 3 is 2.26 bits per heavy atom. The molecule has 1 heterocycles. The van der Waals surface area contributed by atoms with Crippen LogP contribution in [0.15, 0.2) is 103 Å². The van der Waals surface area contributed by atoms with Gasteiger partial charge < -0.3 is 10.6 Å². The molecule has 5 aromatic rings. The molecule has 0 unspecified atom stereocenters. The van der Waals surface area contributed by atoms with E-state index in [1.165, 1.54) is 18.3 Å². The van der Waals surface area contributed by atoms with Gasteiger partial charge in [-0.15, -0.1) is 0 Å². The van der Waals surface area contributed by atoms with Gasteiger partial charge in [-0.3, -0.25) is 9.78 Å². The molecule has 39 heavy (non-hydrogen) atoms. The van der Waals surface area contributed by atoms with Crippen molar-refractivity contribution in [1.82, 2.24) is 4.98 Å². The number of benzene rings is 4. The Kier molecular flexibility index (Phi) is 7.34. The first kappa shape index (κ1) is 26.4. The molecule has 194 valence electrons. The van der Waals surface area contributed by atoms with Gasteiger partial charge in [0.05, 0.1) is 16.8 Å². The summed E-state index contributed by atoms with van der Waals surface area (Å²) in [6, 6.07) is 25.6. The fourth-order valence-corrected chi connectivity index (χ4v) is 4.80. The molecular weight excluding hydrogens is 618 g/mol. The Morgan fingerprint density at radius 1 is 0.795 bits per heavy atom. The lowest BCUT2D eigenvalue weighted by atomic mass is 9.91. The Morgan fingerprint density at radius 2 is 1.51 bits per heavy atom. The Hall–Kier alpha value is -4.25. The molecule has 0 aliphatic rings. The number of pyridine rings is 1. The summed E-state index contributed by atoms with van der Waals surface area (Å²) in [4.78, 5) is 30.3. The number of ketones is 1. The minimum atomic E-state index is -4.63. The number of hydrogen-bond donors (Lipinski definition) is 2. The minimum absolute atomic E-state index is 0.147. The summed E-state index contributed by atoms with van der Waals surface area (Å²) in [6.07, 6.45) is -3.45. The van der Waals surface area contributed by atoms with E-state index < -0.39 is 17.8 Å². The van der Waals surface area contributed by atoms with Crippen molar-refractivity contribution in [1.29, 1.82) is 0 Å². The van der Waals surface area contributed by atoms with Gasteiger partial charge in [0.2, 0.25) is 0 Å². The van der Waals surface area contributed by atoms with Crippen LogP contribution in [0.2, 0.25) is 0 Å². The topological polar surface area (TPSA) is 71.1 Å². The third-order valence-corrected chi connectivity index (χ3v) is 6.96. The monoisotopic (exact) mass is 637 g/mol. The second-order valence-electron chi connectivity index (χ2n) is 8.58.